The summed E-state index contributed by atoms with van der Waals surface area (Å²) in [6.07, 6.45) is 3.00. The first kappa shape index (κ1) is 29.3. The number of rotatable bonds is 8. The average Bonchev–Trinajstić information content (AvgIpc) is 2.77. The lowest BCUT2D eigenvalue weighted by Gasteiger charge is -2.13. The summed E-state index contributed by atoms with van der Waals surface area (Å²) in [5.41, 5.74) is 0.519. The van der Waals surface area contributed by atoms with Gasteiger partial charge < -0.3 is 9.80 Å². The molecule has 0 aliphatic heterocycles. The molecule has 8 nitrogen and oxygen atoms in total. The molecule has 0 heterocycles. The van der Waals surface area contributed by atoms with Gasteiger partial charge in [-0.05, 0) is 63.5 Å². The van der Waals surface area contributed by atoms with Gasteiger partial charge in [0.2, 0.25) is 0 Å². The number of amides is 2. The van der Waals surface area contributed by atoms with E-state index in [1.165, 1.54) is 75.9 Å². The van der Waals surface area contributed by atoms with Crippen LogP contribution in [-0.4, -0.2) is 60.9 Å². The Morgan fingerprint density at radius 2 is 0.900 bits per heavy atom. The summed E-state index contributed by atoms with van der Waals surface area (Å²) in [6.45, 7) is 20.2. The van der Waals surface area contributed by atoms with Crippen molar-refractivity contribution in [1.82, 2.24) is 20.4 Å². The molecule has 1 rings (SSSR count). The number of benzene rings is 1. The van der Waals surface area contributed by atoms with Gasteiger partial charge in [-0.3, -0.25) is 20.2 Å². The van der Waals surface area contributed by atoms with E-state index in [4.69, 9.17) is 10.5 Å². The van der Waals surface area contributed by atoms with Crippen LogP contribution in [-0.2, 0) is 0 Å². The molecule has 0 spiro atoms. The first-order chi connectivity index (χ1) is 14.4. The van der Waals surface area contributed by atoms with Gasteiger partial charge in [-0.15, -0.1) is 0 Å². The van der Waals surface area contributed by atoms with Crippen LogP contribution in [0.4, 0.5) is 0 Å². The van der Waals surface area contributed by atoms with Crippen molar-refractivity contribution in [3.05, 3.63) is 35.4 Å². The van der Waals surface area contributed by atoms with E-state index in [1.54, 1.807) is 0 Å². The van der Waals surface area contributed by atoms with Crippen molar-refractivity contribution in [2.75, 3.05) is 39.3 Å². The molecule has 1 aromatic carbocycles. The molecule has 0 saturated carbocycles. The van der Waals surface area contributed by atoms with Crippen LogP contribution in [0.25, 0.3) is 0 Å². The second-order valence-corrected chi connectivity index (χ2v) is 5.95. The number of nitrogens with zero attached hydrogens (tertiary/aromatic N) is 4. The van der Waals surface area contributed by atoms with E-state index in [-0.39, 0.29) is 11.1 Å². The Morgan fingerprint density at radius 3 is 1.03 bits per heavy atom. The zero-order valence-electron chi connectivity index (χ0n) is 19.2. The molecule has 8 heteroatoms. The maximum atomic E-state index is 11.2. The topological polar surface area (TPSA) is 112 Å². The Labute approximate surface area is 181 Å². The van der Waals surface area contributed by atoms with Crippen LogP contribution in [0.3, 0.4) is 0 Å². The molecular weight excluding hydrogens is 380 g/mol. The van der Waals surface area contributed by atoms with Gasteiger partial charge in [-0.25, -0.2) is 0 Å². The third-order valence-corrected chi connectivity index (χ3v) is 4.43. The molecule has 0 fully saturated rings. The van der Waals surface area contributed by atoms with Crippen molar-refractivity contribution in [1.29, 1.82) is 10.5 Å². The first-order valence-electron chi connectivity index (χ1n) is 10.3. The second kappa shape index (κ2) is 19.4. The minimum atomic E-state index is -0.547. The fourth-order valence-corrected chi connectivity index (χ4v) is 2.36. The lowest BCUT2D eigenvalue weighted by molar-refractivity contribution is 0.0961. The highest BCUT2D eigenvalue weighted by atomic mass is 16.2. The predicted octanol–water partition coefficient (Wildman–Crippen LogP) is 2.80. The van der Waals surface area contributed by atoms with Gasteiger partial charge in [0, 0.05) is 11.1 Å². The summed E-state index contributed by atoms with van der Waals surface area (Å²) in [6, 6.07) is 5.55. The van der Waals surface area contributed by atoms with Gasteiger partial charge in [-0.1, -0.05) is 41.5 Å². The number of carbonyl (C=O) groups is 2. The molecule has 166 valence electrons. The molecule has 0 aromatic heterocycles. The van der Waals surface area contributed by atoms with Crippen molar-refractivity contribution in [2.24, 2.45) is 0 Å². The molecule has 2 amide bonds. The fraction of sp³-hybridized carbons (Fsp3) is 0.545. The summed E-state index contributed by atoms with van der Waals surface area (Å²) in [5.74, 6) is -1.09. The summed E-state index contributed by atoms with van der Waals surface area (Å²) >= 11 is 0. The Morgan fingerprint density at radius 1 is 0.667 bits per heavy atom. The van der Waals surface area contributed by atoms with E-state index in [1.807, 2.05) is 10.6 Å². The molecule has 0 aliphatic rings. The Balaban J connectivity index is 0. The van der Waals surface area contributed by atoms with Gasteiger partial charge in [0.25, 0.3) is 11.8 Å². The molecule has 0 radical (unpaired) electrons. The van der Waals surface area contributed by atoms with E-state index in [0.29, 0.717) is 0 Å². The molecule has 0 unspecified atom stereocenters. The van der Waals surface area contributed by atoms with Crippen molar-refractivity contribution in [3.8, 4) is 12.4 Å². The SMILES string of the molecule is CCN(CC)CC.CCN(CC)CC.N#CNC(=O)c1ccc(C(=O)NC#N)cc1. The van der Waals surface area contributed by atoms with Gasteiger partial charge in [-0.2, -0.15) is 10.5 Å². The predicted molar refractivity (Wildman–Crippen MR) is 120 cm³/mol. The van der Waals surface area contributed by atoms with Gasteiger partial charge >= 0.3 is 0 Å². The monoisotopic (exact) mass is 416 g/mol. The third-order valence-electron chi connectivity index (χ3n) is 4.43. The Bertz CT molecular complexity index is 598. The van der Waals surface area contributed by atoms with Crippen LogP contribution in [0.15, 0.2) is 24.3 Å². The standard InChI is InChI=1S/C10H6N4O2.2C6H15N/c11-5-13-9(15)7-1-2-8(4-3-7)10(16)14-6-12;2*1-4-7(5-2)6-3/h1-4H,(H,13,15)(H,14,16);2*4-6H2,1-3H3. The summed E-state index contributed by atoms with van der Waals surface area (Å²) in [4.78, 5) is 27.1. The number of hydrogen-bond donors (Lipinski definition) is 2. The minimum absolute atomic E-state index is 0.259. The van der Waals surface area contributed by atoms with E-state index in [2.05, 4.69) is 51.3 Å². The van der Waals surface area contributed by atoms with Gasteiger partial charge in [0.05, 0.1) is 0 Å². The van der Waals surface area contributed by atoms with Crippen LogP contribution >= 0.6 is 0 Å². The smallest absolute Gasteiger partial charge is 0.264 e. The van der Waals surface area contributed by atoms with Crippen LogP contribution in [0.1, 0.15) is 62.3 Å². The highest BCUT2D eigenvalue weighted by Gasteiger charge is 2.07. The van der Waals surface area contributed by atoms with Crippen LogP contribution in [0, 0.1) is 22.9 Å². The van der Waals surface area contributed by atoms with Gasteiger partial charge in [0.15, 0.2) is 12.4 Å². The quantitative estimate of drug-likeness (QED) is 0.498. The largest absolute Gasteiger partial charge is 0.304 e. The number of nitrogens with one attached hydrogen (secondary N) is 2. The number of hydrogen-bond acceptors (Lipinski definition) is 6. The maximum absolute atomic E-state index is 11.2. The molecule has 0 aliphatic carbocycles. The molecule has 0 atom stereocenters. The first-order valence-corrected chi connectivity index (χ1v) is 10.3. The van der Waals surface area contributed by atoms with Crippen molar-refractivity contribution in [3.63, 3.8) is 0 Å². The second-order valence-electron chi connectivity index (χ2n) is 5.95. The van der Waals surface area contributed by atoms with Crippen molar-refractivity contribution >= 4 is 11.8 Å². The molecule has 0 bridgehead atoms. The van der Waals surface area contributed by atoms with Crippen LogP contribution in [0.5, 0.6) is 0 Å². The maximum Gasteiger partial charge on any atom is 0.264 e. The highest BCUT2D eigenvalue weighted by Crippen LogP contribution is 2.04. The molecular formula is C22H36N6O2. The lowest BCUT2D eigenvalue weighted by atomic mass is 10.1. The van der Waals surface area contributed by atoms with E-state index >= 15 is 0 Å². The van der Waals surface area contributed by atoms with Crippen molar-refractivity contribution in [2.45, 2.75) is 41.5 Å². The molecule has 1 aromatic rings. The van der Waals surface area contributed by atoms with E-state index in [9.17, 15) is 9.59 Å². The van der Waals surface area contributed by atoms with Crippen molar-refractivity contribution < 1.29 is 9.59 Å². The fourth-order valence-electron chi connectivity index (χ4n) is 2.36. The minimum Gasteiger partial charge on any atom is -0.304 e. The number of carbonyl (C=O) groups excluding carboxylic acids is 2. The van der Waals surface area contributed by atoms with Crippen LogP contribution in [0.2, 0.25) is 0 Å². The average molecular weight is 417 g/mol. The summed E-state index contributed by atoms with van der Waals surface area (Å²) in [5, 5.41) is 20.4. The number of nitriles is 2. The zero-order valence-corrected chi connectivity index (χ0v) is 19.2. The molecule has 30 heavy (non-hydrogen) atoms. The van der Waals surface area contributed by atoms with Crippen LogP contribution < -0.4 is 10.6 Å². The van der Waals surface area contributed by atoms with Gasteiger partial charge in [0.1, 0.15) is 0 Å². The third kappa shape index (κ3) is 13.3. The highest BCUT2D eigenvalue weighted by molar-refractivity contribution is 5.98. The normalized spacial score (nSPS) is 9.27. The van der Waals surface area contributed by atoms with E-state index < -0.39 is 11.8 Å². The summed E-state index contributed by atoms with van der Waals surface area (Å²) in [7, 11) is 0. The zero-order chi connectivity index (χ0) is 23.4. The molecule has 2 N–H and O–H groups in total. The molecule has 0 saturated heterocycles. The van der Waals surface area contributed by atoms with E-state index in [0.717, 1.165) is 0 Å². The summed E-state index contributed by atoms with van der Waals surface area (Å²) < 4.78 is 0. The lowest BCUT2D eigenvalue weighted by Crippen LogP contribution is -2.21. The Hall–Kier alpha value is -2.94. The Kier molecular flexibility index (Phi) is 18.9.